The zero-order chi connectivity index (χ0) is 52.8. The molecule has 0 radical (unpaired) electrons. The first-order valence-electron chi connectivity index (χ1n) is 24.9. The van der Waals surface area contributed by atoms with E-state index in [9.17, 15) is 5.26 Å². The van der Waals surface area contributed by atoms with Gasteiger partial charge in [0.2, 0.25) is 0 Å². The molecule has 12 rings (SSSR count). The van der Waals surface area contributed by atoms with Crippen LogP contribution in [0.15, 0.2) is 200 Å². The van der Waals surface area contributed by atoms with Crippen LogP contribution in [0.4, 0.5) is 26.3 Å². The monoisotopic (exact) mass is 1010 g/mol. The number of nitrogens with zero attached hydrogens (tertiary/aromatic N) is 3. The van der Waals surface area contributed by atoms with Crippen molar-refractivity contribution in [2.75, 3.05) is 0 Å². The summed E-state index contributed by atoms with van der Waals surface area (Å²) in [5.74, 6) is 0. The molecule has 0 aliphatic heterocycles. The molecule has 0 bridgehead atoms. The average molecular weight is 1010 g/mol. The summed E-state index contributed by atoms with van der Waals surface area (Å²) >= 11 is 0. The molecule has 0 unspecified atom stereocenters. The van der Waals surface area contributed by atoms with Gasteiger partial charge >= 0.3 is 12.4 Å². The van der Waals surface area contributed by atoms with Gasteiger partial charge in [-0.15, -0.1) is 0 Å². The normalized spacial score (nSPS) is 12.1. The molecule has 2 aromatic heterocycles. The number of rotatable bonds is 7. The van der Waals surface area contributed by atoms with Crippen LogP contribution in [0.2, 0.25) is 0 Å². The van der Waals surface area contributed by atoms with Crippen molar-refractivity contribution in [2.45, 2.75) is 40.0 Å². The van der Waals surface area contributed by atoms with Crippen molar-refractivity contribution >= 4 is 43.6 Å². The van der Waals surface area contributed by atoms with E-state index in [1.165, 1.54) is 12.1 Å². The molecular formula is C67H45F6N3. The number of halogens is 6. The highest BCUT2D eigenvalue weighted by Gasteiger charge is 2.42. The van der Waals surface area contributed by atoms with Crippen LogP contribution in [-0.2, 0) is 12.4 Å². The summed E-state index contributed by atoms with van der Waals surface area (Å²) in [4.78, 5) is 0. The molecule has 0 atom stereocenters. The Morgan fingerprint density at radius 3 is 0.934 bits per heavy atom. The fraction of sp³-hybridized carbons (Fsp3) is 0.0896. The maximum Gasteiger partial charge on any atom is 0.417 e. The molecule has 0 N–H and O–H groups in total. The molecule has 0 spiro atoms. The molecule has 0 amide bonds. The first kappa shape index (κ1) is 47.8. The second-order valence-electron chi connectivity index (χ2n) is 19.6. The molecule has 9 heteroatoms. The van der Waals surface area contributed by atoms with Crippen LogP contribution in [0.1, 0.15) is 38.9 Å². The second kappa shape index (κ2) is 18.1. The number of aromatic nitrogens is 2. The van der Waals surface area contributed by atoms with E-state index in [0.717, 1.165) is 94.4 Å². The maximum atomic E-state index is 15.3. The number of nitriles is 1. The Bertz CT molecular complexity index is 4150. The number of alkyl halides is 6. The third-order valence-electron chi connectivity index (χ3n) is 15.0. The first-order chi connectivity index (χ1) is 36.6. The molecule has 10 aromatic carbocycles. The van der Waals surface area contributed by atoms with E-state index in [4.69, 9.17) is 0 Å². The van der Waals surface area contributed by atoms with Gasteiger partial charge in [0, 0.05) is 32.7 Å². The Kier molecular flexibility index (Phi) is 11.4. The maximum absolute atomic E-state index is 15.3. The number of benzene rings is 10. The Morgan fingerprint density at radius 1 is 0.342 bits per heavy atom. The van der Waals surface area contributed by atoms with E-state index in [-0.39, 0.29) is 11.3 Å². The minimum atomic E-state index is -5.22. The minimum absolute atomic E-state index is 0.260. The van der Waals surface area contributed by atoms with Crippen LogP contribution in [0.5, 0.6) is 0 Å². The lowest BCUT2D eigenvalue weighted by Crippen LogP contribution is -2.15. The summed E-state index contributed by atoms with van der Waals surface area (Å²) in [5.41, 5.74) is 10.4. The van der Waals surface area contributed by atoms with Gasteiger partial charge in [-0.3, -0.25) is 0 Å². The summed E-state index contributed by atoms with van der Waals surface area (Å²) in [7, 11) is 0. The van der Waals surface area contributed by atoms with Crippen molar-refractivity contribution in [3.8, 4) is 73.1 Å². The van der Waals surface area contributed by atoms with Crippen LogP contribution in [0.3, 0.4) is 0 Å². The Hall–Kier alpha value is -9.13. The van der Waals surface area contributed by atoms with Crippen LogP contribution in [-0.4, -0.2) is 9.13 Å². The Balaban J connectivity index is 1.26. The zero-order valence-electron chi connectivity index (χ0n) is 41.7. The van der Waals surface area contributed by atoms with Gasteiger partial charge in [0.15, 0.2) is 0 Å². The van der Waals surface area contributed by atoms with Crippen LogP contribution < -0.4 is 0 Å². The standard InChI is InChI=1S/C67H45F6N3/c1-39-14-5-9-18-48(39)43-24-28-59-53(32-43)54-33-44(49-19-10-6-15-40(49)2)25-29-60(54)75(59)63-36-47(38-74)52(65-57(66(68,69)70)22-13-23-58(65)67(71,72)73)37-64(63)76-61-30-26-45(50-20-11-7-16-41(50)3)34-55(61)56-35-46(27-31-62(56)76)51-21-12-8-17-42(51)4/h5-37H,1-4H3. The van der Waals surface area contributed by atoms with Gasteiger partial charge in [-0.1, -0.05) is 127 Å². The Labute approximate surface area is 434 Å². The molecule has 12 aromatic rings. The average Bonchev–Trinajstić information content (AvgIpc) is 4.03. The fourth-order valence-corrected chi connectivity index (χ4v) is 11.4. The van der Waals surface area contributed by atoms with Crippen LogP contribution in [0.25, 0.3) is 111 Å². The lowest BCUT2D eigenvalue weighted by atomic mass is 9.89. The van der Waals surface area contributed by atoms with Crippen LogP contribution >= 0.6 is 0 Å². The lowest BCUT2D eigenvalue weighted by Gasteiger charge is -2.23. The van der Waals surface area contributed by atoms with Gasteiger partial charge in [-0.05, 0) is 167 Å². The minimum Gasteiger partial charge on any atom is -0.307 e. The number of fused-ring (bicyclic) bond motifs is 6. The predicted molar refractivity (Wildman–Crippen MR) is 296 cm³/mol. The third-order valence-corrected chi connectivity index (χ3v) is 15.0. The molecule has 0 aliphatic rings. The van der Waals surface area contributed by atoms with Gasteiger partial charge in [0.1, 0.15) is 0 Å². The topological polar surface area (TPSA) is 33.6 Å². The molecule has 3 nitrogen and oxygen atoms in total. The molecule has 0 saturated carbocycles. The molecule has 76 heavy (non-hydrogen) atoms. The zero-order valence-corrected chi connectivity index (χ0v) is 41.7. The van der Waals surface area contributed by atoms with Crippen molar-refractivity contribution in [2.24, 2.45) is 0 Å². The van der Waals surface area contributed by atoms with E-state index < -0.39 is 34.6 Å². The highest BCUT2D eigenvalue weighted by Crippen LogP contribution is 2.49. The smallest absolute Gasteiger partial charge is 0.307 e. The lowest BCUT2D eigenvalue weighted by molar-refractivity contribution is -0.142. The molecule has 0 fully saturated rings. The Morgan fingerprint density at radius 2 is 0.645 bits per heavy atom. The summed E-state index contributed by atoms with van der Waals surface area (Å²) in [6, 6.07) is 63.7. The fourth-order valence-electron chi connectivity index (χ4n) is 11.4. The quantitative estimate of drug-likeness (QED) is 0.147. The number of hydrogen-bond donors (Lipinski definition) is 0. The van der Waals surface area contributed by atoms with E-state index in [1.54, 1.807) is 0 Å². The van der Waals surface area contributed by atoms with E-state index >= 15 is 26.3 Å². The van der Waals surface area contributed by atoms with E-state index in [0.29, 0.717) is 39.9 Å². The summed E-state index contributed by atoms with van der Waals surface area (Å²) in [5, 5.41) is 14.5. The van der Waals surface area contributed by atoms with Gasteiger partial charge in [-0.25, -0.2) is 0 Å². The van der Waals surface area contributed by atoms with E-state index in [1.807, 2.05) is 144 Å². The summed E-state index contributed by atoms with van der Waals surface area (Å²) < 4.78 is 95.7. The summed E-state index contributed by atoms with van der Waals surface area (Å²) in [6.07, 6.45) is -10.4. The molecule has 2 heterocycles. The largest absolute Gasteiger partial charge is 0.417 e. The van der Waals surface area contributed by atoms with Crippen molar-refractivity contribution < 1.29 is 26.3 Å². The number of hydrogen-bond acceptors (Lipinski definition) is 1. The van der Waals surface area contributed by atoms with Crippen LogP contribution in [0, 0.1) is 39.0 Å². The number of aryl methyl sites for hydroxylation is 4. The SMILES string of the molecule is Cc1ccccc1-c1ccc2c(c1)c1cc(-c3ccccc3C)ccc1n2-c1cc(C#N)c(-c2c(C(F)(F)F)cccc2C(F)(F)F)cc1-n1c2ccc(-c3ccccc3C)cc2c2cc(-c3ccccc3C)ccc21. The van der Waals surface area contributed by atoms with Crippen molar-refractivity contribution in [1.82, 2.24) is 9.13 Å². The van der Waals surface area contributed by atoms with Gasteiger partial charge in [-0.2, -0.15) is 31.6 Å². The van der Waals surface area contributed by atoms with E-state index in [2.05, 4.69) is 68.4 Å². The van der Waals surface area contributed by atoms with Gasteiger partial charge in [0.25, 0.3) is 0 Å². The summed E-state index contributed by atoms with van der Waals surface area (Å²) in [6.45, 7) is 8.18. The molecule has 0 saturated heterocycles. The highest BCUT2D eigenvalue weighted by molar-refractivity contribution is 6.14. The second-order valence-corrected chi connectivity index (χ2v) is 19.6. The van der Waals surface area contributed by atoms with Gasteiger partial charge in [0.05, 0.1) is 56.2 Å². The van der Waals surface area contributed by atoms with Gasteiger partial charge < -0.3 is 9.13 Å². The molecule has 370 valence electrons. The van der Waals surface area contributed by atoms with Crippen molar-refractivity contribution in [3.05, 3.63) is 239 Å². The van der Waals surface area contributed by atoms with Crippen molar-refractivity contribution in [3.63, 3.8) is 0 Å². The first-order valence-corrected chi connectivity index (χ1v) is 24.9. The highest BCUT2D eigenvalue weighted by atomic mass is 19.4. The molecule has 0 aliphatic carbocycles. The van der Waals surface area contributed by atoms with Crippen molar-refractivity contribution in [1.29, 1.82) is 5.26 Å². The molecular weight excluding hydrogens is 961 g/mol. The third kappa shape index (κ3) is 7.91. The predicted octanol–water partition coefficient (Wildman–Crippen LogP) is 19.4.